The molecule has 0 bridgehead atoms. The Balaban J connectivity index is 1.43. The lowest BCUT2D eigenvalue weighted by Crippen LogP contribution is -2.43. The molecular formula is C25H27N7O5S. The normalized spacial score (nSPS) is 13.7. The van der Waals surface area contributed by atoms with Gasteiger partial charge in [-0.25, -0.2) is 13.1 Å². The molecule has 12 nitrogen and oxygen atoms in total. The zero-order chi connectivity index (χ0) is 26.5. The molecule has 0 aliphatic carbocycles. The highest BCUT2D eigenvalue weighted by Gasteiger charge is 2.20. The van der Waals surface area contributed by atoms with Crippen molar-refractivity contribution in [1.29, 1.82) is 0 Å². The van der Waals surface area contributed by atoms with Crippen LogP contribution in [0.25, 0.3) is 0 Å². The molecule has 1 saturated heterocycles. The van der Waals surface area contributed by atoms with Gasteiger partial charge in [-0.05, 0) is 36.4 Å². The number of piperazine rings is 1. The number of aromatic nitrogens is 4. The van der Waals surface area contributed by atoms with E-state index in [1.165, 1.54) is 30.3 Å². The van der Waals surface area contributed by atoms with Crippen molar-refractivity contribution in [3.63, 3.8) is 0 Å². The molecule has 1 fully saturated rings. The number of hydrogen-bond donors (Lipinski definition) is 2. The molecule has 0 radical (unpaired) electrons. The summed E-state index contributed by atoms with van der Waals surface area (Å²) >= 11 is 0. The van der Waals surface area contributed by atoms with Gasteiger partial charge in [0.1, 0.15) is 10.6 Å². The van der Waals surface area contributed by atoms with Crippen molar-refractivity contribution >= 4 is 21.7 Å². The molecule has 38 heavy (non-hydrogen) atoms. The second kappa shape index (κ2) is 10.9. The summed E-state index contributed by atoms with van der Waals surface area (Å²) in [6.45, 7) is 3.73. The van der Waals surface area contributed by atoms with E-state index in [9.17, 15) is 8.42 Å². The van der Waals surface area contributed by atoms with Gasteiger partial charge < -0.3 is 24.4 Å². The highest BCUT2D eigenvalue weighted by Crippen LogP contribution is 2.33. The predicted octanol–water partition coefficient (Wildman–Crippen LogP) is 3.01. The molecule has 2 aromatic carbocycles. The monoisotopic (exact) mass is 537 g/mol. The summed E-state index contributed by atoms with van der Waals surface area (Å²) in [7, 11) is -0.864. The number of para-hydroxylation sites is 2. The summed E-state index contributed by atoms with van der Waals surface area (Å²) in [6, 6.07) is 16.1. The third-order valence-electron chi connectivity index (χ3n) is 5.72. The molecule has 2 aromatic heterocycles. The fourth-order valence-electron chi connectivity index (χ4n) is 3.86. The van der Waals surface area contributed by atoms with E-state index >= 15 is 0 Å². The van der Waals surface area contributed by atoms with Gasteiger partial charge in [-0.3, -0.25) is 4.68 Å². The third kappa shape index (κ3) is 5.95. The van der Waals surface area contributed by atoms with Crippen LogP contribution in [0.2, 0.25) is 0 Å². The highest BCUT2D eigenvalue weighted by molar-refractivity contribution is 7.92. The van der Waals surface area contributed by atoms with E-state index in [1.807, 2.05) is 24.3 Å². The number of rotatable bonds is 9. The van der Waals surface area contributed by atoms with Crippen molar-refractivity contribution in [2.24, 2.45) is 7.05 Å². The maximum absolute atomic E-state index is 12.9. The molecule has 1 aliphatic heterocycles. The number of ether oxygens (including phenoxy) is 3. The third-order valence-corrected chi connectivity index (χ3v) is 7.00. The number of nitrogens with zero attached hydrogens (tertiary/aromatic N) is 5. The van der Waals surface area contributed by atoms with Gasteiger partial charge in [0.05, 0.1) is 19.4 Å². The number of sulfonamides is 1. The Morgan fingerprint density at radius 1 is 0.947 bits per heavy atom. The van der Waals surface area contributed by atoms with E-state index in [2.05, 4.69) is 30.0 Å². The van der Waals surface area contributed by atoms with Crippen LogP contribution in [0, 0.1) is 0 Å². The van der Waals surface area contributed by atoms with Crippen LogP contribution in [-0.2, 0) is 17.1 Å². The SMILES string of the molecule is COc1ccccc1Oc1cc(Oc2ccc(N3CCNCC3)cc2)nc(NS(=O)(=O)c2cnn(C)c2)n1. The van der Waals surface area contributed by atoms with E-state index in [1.54, 1.807) is 31.3 Å². The Hall–Kier alpha value is -4.36. The largest absolute Gasteiger partial charge is 0.493 e. The summed E-state index contributed by atoms with van der Waals surface area (Å²) in [4.78, 5) is 10.8. The minimum absolute atomic E-state index is 0.0365. The van der Waals surface area contributed by atoms with Gasteiger partial charge in [0.2, 0.25) is 17.7 Å². The second-order valence-electron chi connectivity index (χ2n) is 8.41. The highest BCUT2D eigenvalue weighted by atomic mass is 32.2. The molecule has 4 aromatic rings. The van der Waals surface area contributed by atoms with Crippen LogP contribution in [0.1, 0.15) is 0 Å². The molecule has 3 heterocycles. The summed E-state index contributed by atoms with van der Waals surface area (Å²) in [5.74, 6) is 1.31. The summed E-state index contributed by atoms with van der Waals surface area (Å²) in [6.07, 6.45) is 2.60. The van der Waals surface area contributed by atoms with Gasteiger partial charge >= 0.3 is 0 Å². The smallest absolute Gasteiger partial charge is 0.267 e. The molecule has 0 unspecified atom stereocenters. The molecular weight excluding hydrogens is 510 g/mol. The molecule has 0 atom stereocenters. The number of methoxy groups -OCH3 is 1. The van der Waals surface area contributed by atoms with Gasteiger partial charge in [0.15, 0.2) is 11.5 Å². The Labute approximate surface area is 220 Å². The van der Waals surface area contributed by atoms with Crippen molar-refractivity contribution in [3.8, 4) is 29.0 Å². The lowest BCUT2D eigenvalue weighted by atomic mass is 10.2. The summed E-state index contributed by atoms with van der Waals surface area (Å²) in [5, 5.41) is 7.26. The Morgan fingerprint density at radius 3 is 2.29 bits per heavy atom. The predicted molar refractivity (Wildman–Crippen MR) is 141 cm³/mol. The number of nitrogens with one attached hydrogen (secondary N) is 2. The fourth-order valence-corrected chi connectivity index (χ4v) is 4.78. The first-order valence-corrected chi connectivity index (χ1v) is 13.3. The van der Waals surface area contributed by atoms with Gasteiger partial charge in [-0.2, -0.15) is 15.1 Å². The molecule has 0 amide bonds. The molecule has 198 valence electrons. The zero-order valence-corrected chi connectivity index (χ0v) is 21.7. The lowest BCUT2D eigenvalue weighted by molar-refractivity contribution is 0.372. The molecule has 0 saturated carbocycles. The minimum Gasteiger partial charge on any atom is -0.493 e. The summed E-state index contributed by atoms with van der Waals surface area (Å²) in [5.41, 5.74) is 1.09. The maximum atomic E-state index is 12.9. The zero-order valence-electron chi connectivity index (χ0n) is 20.9. The van der Waals surface area contributed by atoms with Gasteiger partial charge in [-0.1, -0.05) is 12.1 Å². The Bertz CT molecular complexity index is 1500. The first kappa shape index (κ1) is 25.3. The van der Waals surface area contributed by atoms with Gasteiger partial charge in [0, 0.05) is 45.1 Å². The van der Waals surface area contributed by atoms with Crippen LogP contribution in [0.5, 0.6) is 29.0 Å². The van der Waals surface area contributed by atoms with Crippen molar-refractivity contribution in [2.45, 2.75) is 4.90 Å². The van der Waals surface area contributed by atoms with E-state index in [0.717, 1.165) is 31.9 Å². The van der Waals surface area contributed by atoms with E-state index in [4.69, 9.17) is 14.2 Å². The van der Waals surface area contributed by atoms with Crippen molar-refractivity contribution < 1.29 is 22.6 Å². The van der Waals surface area contributed by atoms with Crippen LogP contribution < -0.4 is 29.1 Å². The van der Waals surface area contributed by atoms with Crippen LogP contribution >= 0.6 is 0 Å². The second-order valence-corrected chi connectivity index (χ2v) is 10.1. The fraction of sp³-hybridized carbons (Fsp3) is 0.240. The first-order chi connectivity index (χ1) is 18.4. The topological polar surface area (TPSA) is 133 Å². The van der Waals surface area contributed by atoms with Crippen LogP contribution in [0.3, 0.4) is 0 Å². The van der Waals surface area contributed by atoms with E-state index in [-0.39, 0.29) is 22.6 Å². The average molecular weight is 538 g/mol. The van der Waals surface area contributed by atoms with E-state index in [0.29, 0.717) is 17.2 Å². The van der Waals surface area contributed by atoms with Gasteiger partial charge in [-0.15, -0.1) is 0 Å². The van der Waals surface area contributed by atoms with Gasteiger partial charge in [0.25, 0.3) is 10.0 Å². The molecule has 2 N–H and O–H groups in total. The molecule has 13 heteroatoms. The van der Waals surface area contributed by atoms with Crippen LogP contribution in [0.15, 0.2) is 71.9 Å². The number of anilines is 2. The lowest BCUT2D eigenvalue weighted by Gasteiger charge is -2.29. The van der Waals surface area contributed by atoms with E-state index < -0.39 is 10.0 Å². The summed E-state index contributed by atoms with van der Waals surface area (Å²) < 4.78 is 46.8. The molecule has 0 spiro atoms. The number of hydrogen-bond acceptors (Lipinski definition) is 10. The first-order valence-electron chi connectivity index (χ1n) is 11.8. The Morgan fingerprint density at radius 2 is 1.63 bits per heavy atom. The van der Waals surface area contributed by atoms with Crippen LogP contribution in [0.4, 0.5) is 11.6 Å². The molecule has 1 aliphatic rings. The number of benzene rings is 2. The average Bonchev–Trinajstić information content (AvgIpc) is 3.37. The Kier molecular flexibility index (Phi) is 7.29. The van der Waals surface area contributed by atoms with Crippen molar-refractivity contribution in [1.82, 2.24) is 25.1 Å². The quantitative estimate of drug-likeness (QED) is 0.328. The maximum Gasteiger partial charge on any atom is 0.267 e. The minimum atomic E-state index is -4.01. The van der Waals surface area contributed by atoms with Crippen LogP contribution in [-0.4, -0.2) is 61.5 Å². The molecule has 5 rings (SSSR count). The van der Waals surface area contributed by atoms with Crippen molar-refractivity contribution in [2.75, 3.05) is 42.9 Å². The standard InChI is InChI=1S/C25H27N7O5S/c1-31-17-20(16-27-31)38(33,34)30-25-28-23(15-24(29-25)37-22-6-4-3-5-21(22)35-2)36-19-9-7-18(8-10-19)32-13-11-26-12-14-32/h3-10,15-17,26H,11-14H2,1-2H3,(H,28,29,30). The van der Waals surface area contributed by atoms with Crippen molar-refractivity contribution in [3.05, 3.63) is 67.0 Å². The number of aryl methyl sites for hydroxylation is 1.